The first kappa shape index (κ1) is 20.9. The first-order chi connectivity index (χ1) is 13.5. The molecule has 1 unspecified atom stereocenters. The highest BCUT2D eigenvalue weighted by Gasteiger charge is 2.73. The van der Waals surface area contributed by atoms with Crippen molar-refractivity contribution in [1.29, 1.82) is 0 Å². The second-order valence-electron chi connectivity index (χ2n) is 6.58. The smallest absolute Gasteiger partial charge is 0.307 e. The van der Waals surface area contributed by atoms with E-state index in [0.717, 1.165) is 6.92 Å². The van der Waals surface area contributed by atoms with E-state index in [0.29, 0.717) is 5.56 Å². The van der Waals surface area contributed by atoms with E-state index < -0.39 is 35.7 Å². The van der Waals surface area contributed by atoms with E-state index in [1.807, 2.05) is 0 Å². The number of halogens is 6. The summed E-state index contributed by atoms with van der Waals surface area (Å²) in [4.78, 5) is 7.57. The third-order valence-electron chi connectivity index (χ3n) is 4.66. The number of hydrogen-bond donors (Lipinski definition) is 0. The lowest BCUT2D eigenvalue weighted by atomic mass is 10.0. The maximum Gasteiger partial charge on any atom is 0.443 e. The molecule has 154 valence electrons. The van der Waals surface area contributed by atoms with E-state index in [4.69, 9.17) is 0 Å². The van der Waals surface area contributed by atoms with Crippen LogP contribution < -0.4 is 0 Å². The molecule has 3 rings (SSSR count). The van der Waals surface area contributed by atoms with Gasteiger partial charge in [-0.25, -0.2) is 9.98 Å². The Labute approximate surface area is 163 Å². The van der Waals surface area contributed by atoms with Crippen LogP contribution in [0.1, 0.15) is 31.0 Å². The average molecular weight is 413 g/mol. The van der Waals surface area contributed by atoms with Gasteiger partial charge in [-0.15, -0.1) is 0 Å². The summed E-state index contributed by atoms with van der Waals surface area (Å²) in [6.45, 7) is 2.80. The van der Waals surface area contributed by atoms with E-state index in [1.165, 1.54) is 29.2 Å². The minimum Gasteiger partial charge on any atom is -0.307 e. The maximum atomic E-state index is 13.7. The number of nitrogens with zero attached hydrogens (tertiary/aromatic N) is 3. The van der Waals surface area contributed by atoms with E-state index in [-0.39, 0.29) is 5.56 Å². The van der Waals surface area contributed by atoms with Gasteiger partial charge >= 0.3 is 18.0 Å². The molecule has 2 aromatic carbocycles. The molecule has 0 saturated carbocycles. The van der Waals surface area contributed by atoms with Gasteiger partial charge in [0.25, 0.3) is 0 Å². The van der Waals surface area contributed by atoms with Crippen LogP contribution >= 0.6 is 0 Å². The number of aliphatic imine (C=N–C) groups is 2. The van der Waals surface area contributed by atoms with Gasteiger partial charge in [-0.2, -0.15) is 26.3 Å². The molecule has 1 atom stereocenters. The molecule has 9 heteroatoms. The molecule has 1 aliphatic rings. The van der Waals surface area contributed by atoms with E-state index in [9.17, 15) is 26.3 Å². The zero-order valence-corrected chi connectivity index (χ0v) is 15.5. The Bertz CT molecular complexity index is 903. The summed E-state index contributed by atoms with van der Waals surface area (Å²) in [7, 11) is 0. The standard InChI is InChI=1S/C20H17F6N3/c1-13(15-9-5-3-6-10-15)29-14(2)27-18(19(21,22)23,20(24,25)26)28-17(29)16-11-7-4-8-12-16/h3-13H,1-2H3. The molecule has 0 saturated heterocycles. The zero-order valence-electron chi connectivity index (χ0n) is 15.5. The highest BCUT2D eigenvalue weighted by Crippen LogP contribution is 2.49. The van der Waals surface area contributed by atoms with E-state index in [2.05, 4.69) is 9.98 Å². The molecule has 0 fully saturated rings. The molecule has 0 N–H and O–H groups in total. The summed E-state index contributed by atoms with van der Waals surface area (Å²) in [5.41, 5.74) is -3.73. The van der Waals surface area contributed by atoms with Crippen LogP contribution in [0.15, 0.2) is 70.6 Å². The minimum atomic E-state index is -5.76. The molecule has 0 radical (unpaired) electrons. The van der Waals surface area contributed by atoms with Crippen molar-refractivity contribution >= 4 is 11.7 Å². The van der Waals surface area contributed by atoms with Crippen LogP contribution in [0, 0.1) is 0 Å². The Kier molecular flexibility index (Phi) is 5.19. The van der Waals surface area contributed by atoms with Crippen LogP contribution in [0.4, 0.5) is 26.3 Å². The predicted molar refractivity (Wildman–Crippen MR) is 97.6 cm³/mol. The van der Waals surface area contributed by atoms with Crippen LogP contribution in [0.3, 0.4) is 0 Å². The van der Waals surface area contributed by atoms with Gasteiger partial charge in [0.2, 0.25) is 0 Å². The SMILES string of the molecule is CC1=NC(C(F)(F)F)(C(F)(F)F)N=C(c2ccccc2)N1C(C)c1ccccc1. The van der Waals surface area contributed by atoms with Crippen molar-refractivity contribution < 1.29 is 26.3 Å². The Morgan fingerprint density at radius 1 is 0.793 bits per heavy atom. The summed E-state index contributed by atoms with van der Waals surface area (Å²) < 4.78 is 81.9. The summed E-state index contributed by atoms with van der Waals surface area (Å²) in [5.74, 6) is -0.867. The molecule has 3 nitrogen and oxygen atoms in total. The monoisotopic (exact) mass is 413 g/mol. The molecule has 1 heterocycles. The summed E-state index contributed by atoms with van der Waals surface area (Å²) in [6, 6.07) is 15.6. The van der Waals surface area contributed by atoms with Crippen LogP contribution in [0.2, 0.25) is 0 Å². The molecule has 29 heavy (non-hydrogen) atoms. The second kappa shape index (κ2) is 7.20. The van der Waals surface area contributed by atoms with Gasteiger partial charge < -0.3 is 4.90 Å². The van der Waals surface area contributed by atoms with Gasteiger partial charge in [0, 0.05) is 5.56 Å². The molecule has 0 amide bonds. The first-order valence-electron chi connectivity index (χ1n) is 8.67. The molecule has 0 aliphatic carbocycles. The fourth-order valence-corrected chi connectivity index (χ4v) is 3.22. The Morgan fingerprint density at radius 2 is 1.28 bits per heavy atom. The lowest BCUT2D eigenvalue weighted by Gasteiger charge is -2.41. The van der Waals surface area contributed by atoms with Crippen molar-refractivity contribution in [2.24, 2.45) is 9.98 Å². The average Bonchev–Trinajstić information content (AvgIpc) is 2.66. The fourth-order valence-electron chi connectivity index (χ4n) is 3.22. The number of benzene rings is 2. The second-order valence-corrected chi connectivity index (χ2v) is 6.58. The highest BCUT2D eigenvalue weighted by atomic mass is 19.4. The molecule has 2 aromatic rings. The predicted octanol–water partition coefficient (Wildman–Crippen LogP) is 5.75. The van der Waals surface area contributed by atoms with Crippen molar-refractivity contribution in [1.82, 2.24) is 4.90 Å². The van der Waals surface area contributed by atoms with Crippen molar-refractivity contribution in [3.63, 3.8) is 0 Å². The number of hydrogen-bond acceptors (Lipinski definition) is 3. The third kappa shape index (κ3) is 3.61. The lowest BCUT2D eigenvalue weighted by Crippen LogP contribution is -2.59. The summed E-state index contributed by atoms with van der Waals surface area (Å²) >= 11 is 0. The van der Waals surface area contributed by atoms with Gasteiger partial charge in [0.05, 0.1) is 6.04 Å². The molecule has 0 aromatic heterocycles. The third-order valence-corrected chi connectivity index (χ3v) is 4.66. The van der Waals surface area contributed by atoms with Crippen molar-refractivity contribution in [2.75, 3.05) is 0 Å². The van der Waals surface area contributed by atoms with Crippen LogP contribution in [-0.2, 0) is 0 Å². The van der Waals surface area contributed by atoms with Gasteiger partial charge in [-0.1, -0.05) is 60.7 Å². The lowest BCUT2D eigenvalue weighted by molar-refractivity contribution is -0.293. The number of rotatable bonds is 3. The topological polar surface area (TPSA) is 28.0 Å². The number of alkyl halides is 6. The van der Waals surface area contributed by atoms with E-state index >= 15 is 0 Å². The van der Waals surface area contributed by atoms with Crippen LogP contribution in [0.25, 0.3) is 0 Å². The van der Waals surface area contributed by atoms with Crippen molar-refractivity contribution in [2.45, 2.75) is 37.9 Å². The van der Waals surface area contributed by atoms with Gasteiger partial charge in [0.1, 0.15) is 11.7 Å². The summed E-state index contributed by atoms with van der Waals surface area (Å²) in [5, 5.41) is 0. The van der Waals surface area contributed by atoms with Crippen molar-refractivity contribution in [3.8, 4) is 0 Å². The molecule has 0 spiro atoms. The normalized spacial score (nSPS) is 18.1. The van der Waals surface area contributed by atoms with E-state index in [1.54, 1.807) is 43.3 Å². The molecular weight excluding hydrogens is 396 g/mol. The Hall–Kier alpha value is -2.84. The van der Waals surface area contributed by atoms with Gasteiger partial charge in [-0.05, 0) is 19.4 Å². The molecule has 1 aliphatic heterocycles. The van der Waals surface area contributed by atoms with Crippen molar-refractivity contribution in [3.05, 3.63) is 71.8 Å². The first-order valence-corrected chi connectivity index (χ1v) is 8.67. The highest BCUT2D eigenvalue weighted by molar-refractivity contribution is 6.10. The van der Waals surface area contributed by atoms with Crippen LogP contribution in [-0.4, -0.2) is 34.6 Å². The van der Waals surface area contributed by atoms with Gasteiger partial charge in [0.15, 0.2) is 0 Å². The quantitative estimate of drug-likeness (QED) is 0.589. The fraction of sp³-hybridized carbons (Fsp3) is 0.300. The largest absolute Gasteiger partial charge is 0.443 e. The Balaban J connectivity index is 2.25. The maximum absolute atomic E-state index is 13.7. The molecular formula is C20H17F6N3. The van der Waals surface area contributed by atoms with Crippen LogP contribution in [0.5, 0.6) is 0 Å². The molecule has 0 bridgehead atoms. The summed E-state index contributed by atoms with van der Waals surface area (Å²) in [6.07, 6.45) is -11.5. The minimum absolute atomic E-state index is 0.127. The zero-order chi connectivity index (χ0) is 21.4. The number of amidine groups is 2. The van der Waals surface area contributed by atoms with Gasteiger partial charge in [-0.3, -0.25) is 0 Å². The Morgan fingerprint density at radius 3 is 1.76 bits per heavy atom.